The molecule has 0 aliphatic carbocycles. The number of rotatable bonds is 2. The fourth-order valence-corrected chi connectivity index (χ4v) is 2.22. The van der Waals surface area contributed by atoms with Crippen LogP contribution in [0.5, 0.6) is 0 Å². The highest BCUT2D eigenvalue weighted by atomic mass is 16.5. The molecule has 0 saturated carbocycles. The van der Waals surface area contributed by atoms with E-state index in [1.807, 2.05) is 0 Å². The Morgan fingerprint density at radius 3 is 3.12 bits per heavy atom. The minimum absolute atomic E-state index is 0.102. The maximum atomic E-state index is 11.7. The van der Waals surface area contributed by atoms with Crippen LogP contribution >= 0.6 is 0 Å². The van der Waals surface area contributed by atoms with E-state index in [0.29, 0.717) is 11.7 Å². The lowest BCUT2D eigenvalue weighted by molar-refractivity contribution is 0.0663. The van der Waals surface area contributed by atoms with E-state index in [-0.39, 0.29) is 5.56 Å². The lowest BCUT2D eigenvalue weighted by Crippen LogP contribution is -2.21. The van der Waals surface area contributed by atoms with Gasteiger partial charge in [-0.25, -0.2) is 9.97 Å². The predicted molar refractivity (Wildman–Crippen MR) is 60.9 cm³/mol. The van der Waals surface area contributed by atoms with Crippen molar-refractivity contribution in [1.82, 2.24) is 19.6 Å². The molecule has 6 heteroatoms. The summed E-state index contributed by atoms with van der Waals surface area (Å²) in [6, 6.07) is 1.58. The van der Waals surface area contributed by atoms with Crippen LogP contribution in [0.1, 0.15) is 18.5 Å². The summed E-state index contributed by atoms with van der Waals surface area (Å²) in [5.41, 5.74) is 0.726. The van der Waals surface area contributed by atoms with Gasteiger partial charge in [-0.05, 0) is 25.2 Å². The molecule has 0 unspecified atom stereocenters. The van der Waals surface area contributed by atoms with Crippen molar-refractivity contribution in [2.24, 2.45) is 5.92 Å². The van der Waals surface area contributed by atoms with Crippen LogP contribution < -0.4 is 5.56 Å². The van der Waals surface area contributed by atoms with Crippen LogP contribution in [-0.4, -0.2) is 32.8 Å². The molecule has 2 aromatic rings. The zero-order valence-corrected chi connectivity index (χ0v) is 9.43. The topological polar surface area (TPSA) is 72.3 Å². The summed E-state index contributed by atoms with van der Waals surface area (Å²) in [5, 5.41) is 2.73. The Balaban J connectivity index is 1.87. The molecular formula is C11H14N4O2. The van der Waals surface area contributed by atoms with Gasteiger partial charge in [-0.15, -0.1) is 0 Å². The number of hydrogen-bond donors (Lipinski definition) is 1. The van der Waals surface area contributed by atoms with Crippen LogP contribution in [-0.2, 0) is 11.2 Å². The maximum Gasteiger partial charge on any atom is 0.274 e. The fourth-order valence-electron chi connectivity index (χ4n) is 2.22. The molecule has 1 saturated heterocycles. The molecule has 6 nitrogen and oxygen atoms in total. The van der Waals surface area contributed by atoms with Crippen molar-refractivity contribution >= 4 is 5.78 Å². The van der Waals surface area contributed by atoms with E-state index in [2.05, 4.69) is 15.1 Å². The van der Waals surface area contributed by atoms with E-state index in [0.717, 1.165) is 38.2 Å². The van der Waals surface area contributed by atoms with Gasteiger partial charge in [0.2, 0.25) is 0 Å². The van der Waals surface area contributed by atoms with Crippen molar-refractivity contribution in [3.8, 4) is 0 Å². The van der Waals surface area contributed by atoms with Gasteiger partial charge in [0.1, 0.15) is 6.33 Å². The summed E-state index contributed by atoms with van der Waals surface area (Å²) in [6.45, 7) is 1.63. The number of nitrogens with zero attached hydrogens (tertiary/aromatic N) is 3. The lowest BCUT2D eigenvalue weighted by atomic mass is 9.95. The fraction of sp³-hybridized carbons (Fsp3) is 0.545. The molecule has 0 aromatic carbocycles. The Morgan fingerprint density at radius 1 is 1.47 bits per heavy atom. The molecule has 0 bridgehead atoms. The maximum absolute atomic E-state index is 11.7. The SMILES string of the molecule is O=c1cc(CC2CCOCC2)nc2nc[nH]n12. The average molecular weight is 234 g/mol. The predicted octanol–water partition coefficient (Wildman–Crippen LogP) is 0.387. The van der Waals surface area contributed by atoms with Crippen LogP contribution in [0, 0.1) is 5.92 Å². The van der Waals surface area contributed by atoms with Crippen molar-refractivity contribution in [2.75, 3.05) is 13.2 Å². The molecule has 1 fully saturated rings. The van der Waals surface area contributed by atoms with Gasteiger partial charge >= 0.3 is 0 Å². The second-order valence-corrected chi connectivity index (χ2v) is 4.37. The minimum atomic E-state index is -0.102. The van der Waals surface area contributed by atoms with Crippen LogP contribution in [0.25, 0.3) is 5.78 Å². The second kappa shape index (κ2) is 4.29. The number of hydrogen-bond acceptors (Lipinski definition) is 4. The summed E-state index contributed by atoms with van der Waals surface area (Å²) in [4.78, 5) is 20.1. The first-order chi connectivity index (χ1) is 8.33. The summed E-state index contributed by atoms with van der Waals surface area (Å²) < 4.78 is 6.66. The third-order valence-electron chi connectivity index (χ3n) is 3.16. The molecule has 3 heterocycles. The van der Waals surface area contributed by atoms with Crippen LogP contribution in [0.2, 0.25) is 0 Å². The number of nitrogens with one attached hydrogen (secondary N) is 1. The van der Waals surface area contributed by atoms with Crippen molar-refractivity contribution in [3.05, 3.63) is 28.4 Å². The minimum Gasteiger partial charge on any atom is -0.381 e. The van der Waals surface area contributed by atoms with E-state index >= 15 is 0 Å². The van der Waals surface area contributed by atoms with Crippen LogP contribution in [0.3, 0.4) is 0 Å². The number of fused-ring (bicyclic) bond motifs is 1. The molecule has 0 spiro atoms. The van der Waals surface area contributed by atoms with Gasteiger partial charge in [-0.1, -0.05) is 0 Å². The molecule has 0 atom stereocenters. The molecule has 1 aliphatic heterocycles. The average Bonchev–Trinajstić information content (AvgIpc) is 2.79. The summed E-state index contributed by atoms with van der Waals surface area (Å²) in [6.07, 6.45) is 4.40. The van der Waals surface area contributed by atoms with E-state index < -0.39 is 0 Å². The zero-order chi connectivity index (χ0) is 11.7. The van der Waals surface area contributed by atoms with Gasteiger partial charge in [-0.2, -0.15) is 4.52 Å². The van der Waals surface area contributed by atoms with Crippen molar-refractivity contribution in [3.63, 3.8) is 0 Å². The first kappa shape index (κ1) is 10.5. The molecule has 3 rings (SSSR count). The molecule has 0 radical (unpaired) electrons. The van der Waals surface area contributed by atoms with Gasteiger partial charge in [0, 0.05) is 19.3 Å². The summed E-state index contributed by atoms with van der Waals surface area (Å²) in [5.74, 6) is 1.01. The van der Waals surface area contributed by atoms with Crippen LogP contribution in [0.15, 0.2) is 17.2 Å². The third-order valence-corrected chi connectivity index (χ3v) is 3.16. The standard InChI is InChI=1S/C11H14N4O2/c16-10-6-9(5-8-1-3-17-4-2-8)14-11-12-7-13-15(10)11/h6-8H,1-5H2,(H,12,13,14). The molecular weight excluding hydrogens is 220 g/mol. The zero-order valence-electron chi connectivity index (χ0n) is 9.43. The van der Waals surface area contributed by atoms with Gasteiger partial charge in [0.15, 0.2) is 0 Å². The Hall–Kier alpha value is -1.69. The number of aromatic nitrogens is 4. The molecule has 1 N–H and O–H groups in total. The monoisotopic (exact) mass is 234 g/mol. The first-order valence-corrected chi connectivity index (χ1v) is 5.83. The quantitative estimate of drug-likeness (QED) is 0.815. The van der Waals surface area contributed by atoms with Gasteiger partial charge < -0.3 is 4.74 Å². The van der Waals surface area contributed by atoms with E-state index in [9.17, 15) is 4.79 Å². The Morgan fingerprint density at radius 2 is 2.29 bits per heavy atom. The molecule has 17 heavy (non-hydrogen) atoms. The Labute approximate surface area is 97.6 Å². The number of aromatic amines is 1. The highest BCUT2D eigenvalue weighted by molar-refractivity contribution is 5.26. The van der Waals surface area contributed by atoms with Gasteiger partial charge in [0.05, 0.1) is 5.69 Å². The first-order valence-electron chi connectivity index (χ1n) is 5.83. The number of ether oxygens (including phenoxy) is 1. The normalized spacial score (nSPS) is 17.6. The molecule has 1 aliphatic rings. The molecule has 0 amide bonds. The molecule has 2 aromatic heterocycles. The summed E-state index contributed by atoms with van der Waals surface area (Å²) >= 11 is 0. The van der Waals surface area contributed by atoms with Crippen molar-refractivity contribution < 1.29 is 4.74 Å². The summed E-state index contributed by atoms with van der Waals surface area (Å²) in [7, 11) is 0. The van der Waals surface area contributed by atoms with E-state index in [1.54, 1.807) is 6.07 Å². The van der Waals surface area contributed by atoms with Crippen LogP contribution in [0.4, 0.5) is 0 Å². The molecule has 90 valence electrons. The van der Waals surface area contributed by atoms with Gasteiger partial charge in [-0.3, -0.25) is 9.89 Å². The van der Waals surface area contributed by atoms with E-state index in [4.69, 9.17) is 4.74 Å². The third kappa shape index (κ3) is 2.08. The number of H-pyrrole nitrogens is 1. The van der Waals surface area contributed by atoms with Crippen molar-refractivity contribution in [1.29, 1.82) is 0 Å². The Kier molecular flexibility index (Phi) is 2.64. The van der Waals surface area contributed by atoms with E-state index in [1.165, 1.54) is 10.8 Å². The lowest BCUT2D eigenvalue weighted by Gasteiger charge is -2.21. The van der Waals surface area contributed by atoms with Gasteiger partial charge in [0.25, 0.3) is 11.3 Å². The highest BCUT2D eigenvalue weighted by Gasteiger charge is 2.16. The second-order valence-electron chi connectivity index (χ2n) is 4.37. The Bertz CT molecular complexity index is 568. The smallest absolute Gasteiger partial charge is 0.274 e. The van der Waals surface area contributed by atoms with Crippen molar-refractivity contribution in [2.45, 2.75) is 19.3 Å². The largest absolute Gasteiger partial charge is 0.381 e. The highest BCUT2D eigenvalue weighted by Crippen LogP contribution is 2.18.